The number of pyridine rings is 2. The summed E-state index contributed by atoms with van der Waals surface area (Å²) in [5, 5.41) is 3.11. The molecular weight excluding hydrogens is 569 g/mol. The Morgan fingerprint density at radius 2 is 1.70 bits per heavy atom. The highest BCUT2D eigenvalue weighted by molar-refractivity contribution is 6.04. The highest BCUT2D eigenvalue weighted by atomic mass is 19.1. The number of hydrogen-bond acceptors (Lipinski definition) is 9. The minimum Gasteiger partial charge on any atom is -0.493 e. The average molecular weight is 598 g/mol. The van der Waals surface area contributed by atoms with Crippen molar-refractivity contribution in [2.45, 2.75) is 25.7 Å². The average Bonchev–Trinajstić information content (AvgIpc) is 3.87. The van der Waals surface area contributed by atoms with E-state index >= 15 is 4.39 Å². The van der Waals surface area contributed by atoms with Gasteiger partial charge in [0.05, 0.1) is 44.1 Å². The topological polar surface area (TPSA) is 127 Å². The zero-order valence-corrected chi connectivity index (χ0v) is 24.4. The number of ether oxygens (including phenoxy) is 4. The number of methoxy groups -OCH3 is 3. The molecule has 1 aliphatic rings. The Morgan fingerprint density at radius 1 is 0.932 bits per heavy atom. The Kier molecular flexibility index (Phi) is 7.56. The fraction of sp³-hybridized carbons (Fsp3) is 0.219. The molecule has 0 radical (unpaired) electrons. The van der Waals surface area contributed by atoms with Crippen molar-refractivity contribution in [1.82, 2.24) is 19.5 Å². The summed E-state index contributed by atoms with van der Waals surface area (Å²) in [4.78, 5) is 39.6. The number of carbonyl (C=O) groups excluding carboxylic acids is 1. The molecule has 0 aliphatic heterocycles. The van der Waals surface area contributed by atoms with E-state index in [2.05, 4.69) is 20.3 Å². The summed E-state index contributed by atoms with van der Waals surface area (Å²) in [6.45, 7) is 1.85. The molecule has 3 heterocycles. The summed E-state index contributed by atoms with van der Waals surface area (Å²) in [6, 6.07) is 12.3. The maximum atomic E-state index is 15.2. The summed E-state index contributed by atoms with van der Waals surface area (Å²) in [6.07, 6.45) is 4.76. The molecule has 3 aromatic heterocycles. The van der Waals surface area contributed by atoms with Crippen LogP contribution < -0.4 is 29.8 Å². The second-order valence-electron chi connectivity index (χ2n) is 10.2. The second-order valence-corrected chi connectivity index (χ2v) is 10.2. The van der Waals surface area contributed by atoms with Crippen molar-refractivity contribution < 1.29 is 28.1 Å². The van der Waals surface area contributed by atoms with Crippen LogP contribution in [0.2, 0.25) is 0 Å². The van der Waals surface area contributed by atoms with Gasteiger partial charge in [0.25, 0.3) is 11.5 Å². The molecule has 11 nitrogen and oxygen atoms in total. The van der Waals surface area contributed by atoms with Crippen LogP contribution in [0.4, 0.5) is 10.1 Å². The van der Waals surface area contributed by atoms with E-state index in [-0.39, 0.29) is 28.8 Å². The van der Waals surface area contributed by atoms with E-state index in [4.69, 9.17) is 18.9 Å². The number of carbonyl (C=O) groups is 1. The van der Waals surface area contributed by atoms with E-state index in [1.54, 1.807) is 30.5 Å². The molecule has 0 saturated heterocycles. The number of anilines is 1. The van der Waals surface area contributed by atoms with Crippen LogP contribution >= 0.6 is 0 Å². The summed E-state index contributed by atoms with van der Waals surface area (Å²) >= 11 is 0. The van der Waals surface area contributed by atoms with Crippen LogP contribution in [-0.2, 0) is 0 Å². The van der Waals surface area contributed by atoms with Crippen LogP contribution in [-0.4, -0.2) is 46.8 Å². The minimum atomic E-state index is -0.753. The Hall–Kier alpha value is -5.52. The largest absolute Gasteiger partial charge is 0.493 e. The van der Waals surface area contributed by atoms with Gasteiger partial charge >= 0.3 is 0 Å². The van der Waals surface area contributed by atoms with E-state index in [1.165, 1.54) is 50.4 Å². The Labute approximate surface area is 251 Å². The number of aryl methyl sites for hydroxylation is 1. The molecule has 2 aromatic carbocycles. The lowest BCUT2D eigenvalue weighted by atomic mass is 10.1. The van der Waals surface area contributed by atoms with E-state index < -0.39 is 17.3 Å². The number of nitrogens with one attached hydrogen (secondary N) is 1. The van der Waals surface area contributed by atoms with Gasteiger partial charge in [-0.2, -0.15) is 0 Å². The number of nitrogens with zero attached hydrogens (tertiary/aromatic N) is 4. The van der Waals surface area contributed by atoms with Gasteiger partial charge in [0.1, 0.15) is 11.9 Å². The smallest absolute Gasteiger partial charge is 0.268 e. The molecule has 6 rings (SSSR count). The standard InChI is InChI=1S/C32H28FN5O6/c1-17-11-29(43-4)34-15-25(17)38-24(18-5-6-18)9-8-20(32(38)40)30(39)37-19-7-10-26(22(33)12-19)44-31-21-13-27(41-2)28(42-3)14-23(21)35-16-36-31/h7-16,18H,5-6H2,1-4H3,(H,37,39). The van der Waals surface area contributed by atoms with E-state index in [0.717, 1.165) is 30.2 Å². The second kappa shape index (κ2) is 11.6. The lowest BCUT2D eigenvalue weighted by Crippen LogP contribution is -2.30. The van der Waals surface area contributed by atoms with Gasteiger partial charge in [-0.1, -0.05) is 0 Å². The van der Waals surface area contributed by atoms with Crippen molar-refractivity contribution in [1.29, 1.82) is 0 Å². The van der Waals surface area contributed by atoms with Gasteiger partial charge in [0.15, 0.2) is 23.1 Å². The molecule has 1 N–H and O–H groups in total. The van der Waals surface area contributed by atoms with Gasteiger partial charge in [0, 0.05) is 29.6 Å². The fourth-order valence-corrected chi connectivity index (χ4v) is 4.94. The molecule has 224 valence electrons. The first-order chi connectivity index (χ1) is 21.3. The van der Waals surface area contributed by atoms with Crippen LogP contribution in [0.5, 0.6) is 29.0 Å². The molecule has 1 saturated carbocycles. The number of rotatable bonds is 9. The van der Waals surface area contributed by atoms with Gasteiger partial charge < -0.3 is 24.3 Å². The Morgan fingerprint density at radius 3 is 2.39 bits per heavy atom. The molecule has 44 heavy (non-hydrogen) atoms. The van der Waals surface area contributed by atoms with Crippen molar-refractivity contribution in [3.63, 3.8) is 0 Å². The van der Waals surface area contributed by atoms with Gasteiger partial charge in [-0.15, -0.1) is 0 Å². The predicted octanol–water partition coefficient (Wildman–Crippen LogP) is 5.57. The number of halogens is 1. The SMILES string of the molecule is COc1cc(C)c(-n2c(C3CC3)ccc(C(=O)Nc3ccc(Oc4ncnc5cc(OC)c(OC)cc45)c(F)c3)c2=O)cn1. The van der Waals surface area contributed by atoms with Crippen molar-refractivity contribution in [3.8, 4) is 34.7 Å². The Balaban J connectivity index is 1.27. The molecule has 0 atom stereocenters. The third kappa shape index (κ3) is 5.37. The monoisotopic (exact) mass is 597 g/mol. The maximum Gasteiger partial charge on any atom is 0.268 e. The lowest BCUT2D eigenvalue weighted by Gasteiger charge is -2.16. The highest BCUT2D eigenvalue weighted by Gasteiger charge is 2.29. The first-order valence-corrected chi connectivity index (χ1v) is 13.7. The summed E-state index contributed by atoms with van der Waals surface area (Å²) in [5.74, 6) is 0.0864. The summed E-state index contributed by atoms with van der Waals surface area (Å²) in [5.41, 5.74) is 2.20. The molecular formula is C32H28FN5O6. The molecule has 1 fully saturated rings. The normalized spacial score (nSPS) is 12.6. The van der Waals surface area contributed by atoms with Crippen molar-refractivity contribution in [2.75, 3.05) is 26.6 Å². The van der Waals surface area contributed by atoms with Gasteiger partial charge in [0.2, 0.25) is 11.8 Å². The zero-order valence-electron chi connectivity index (χ0n) is 24.4. The lowest BCUT2D eigenvalue weighted by molar-refractivity contribution is 0.102. The van der Waals surface area contributed by atoms with E-state index in [0.29, 0.717) is 34.0 Å². The molecule has 12 heteroatoms. The Bertz CT molecular complexity index is 1970. The van der Waals surface area contributed by atoms with Crippen LogP contribution in [0.25, 0.3) is 16.6 Å². The van der Waals surface area contributed by atoms with Gasteiger partial charge in [-0.25, -0.2) is 19.3 Å². The third-order valence-electron chi connectivity index (χ3n) is 7.36. The number of fused-ring (bicyclic) bond motifs is 1. The third-order valence-corrected chi connectivity index (χ3v) is 7.36. The van der Waals surface area contributed by atoms with Crippen molar-refractivity contribution >= 4 is 22.5 Å². The van der Waals surface area contributed by atoms with Gasteiger partial charge in [-0.05, 0) is 61.6 Å². The first-order valence-electron chi connectivity index (χ1n) is 13.7. The molecule has 0 bridgehead atoms. The molecule has 5 aromatic rings. The molecule has 0 spiro atoms. The molecule has 1 amide bonds. The summed E-state index contributed by atoms with van der Waals surface area (Å²) in [7, 11) is 4.52. The maximum absolute atomic E-state index is 15.2. The van der Waals surface area contributed by atoms with E-state index in [9.17, 15) is 9.59 Å². The number of amides is 1. The molecule has 1 aliphatic carbocycles. The van der Waals surface area contributed by atoms with Crippen molar-refractivity contribution in [3.05, 3.63) is 94.0 Å². The van der Waals surface area contributed by atoms with Crippen LogP contribution in [0.3, 0.4) is 0 Å². The minimum absolute atomic E-state index is 0.0952. The number of hydrogen-bond donors (Lipinski definition) is 1. The van der Waals surface area contributed by atoms with Crippen LogP contribution in [0, 0.1) is 12.7 Å². The number of benzene rings is 2. The van der Waals surface area contributed by atoms with Crippen molar-refractivity contribution in [2.24, 2.45) is 0 Å². The number of aromatic nitrogens is 4. The first kappa shape index (κ1) is 28.6. The highest BCUT2D eigenvalue weighted by Crippen LogP contribution is 2.41. The molecule has 0 unspecified atom stereocenters. The quantitative estimate of drug-likeness (QED) is 0.232. The van der Waals surface area contributed by atoms with Gasteiger partial charge in [-0.3, -0.25) is 14.2 Å². The summed E-state index contributed by atoms with van der Waals surface area (Å²) < 4.78 is 38.4. The zero-order chi connectivity index (χ0) is 31.0. The van der Waals surface area contributed by atoms with Crippen LogP contribution in [0.15, 0.2) is 65.8 Å². The predicted molar refractivity (Wildman–Crippen MR) is 160 cm³/mol. The fourth-order valence-electron chi connectivity index (χ4n) is 4.94. The van der Waals surface area contributed by atoms with E-state index in [1.807, 2.05) is 6.92 Å². The van der Waals surface area contributed by atoms with Crippen LogP contribution in [0.1, 0.15) is 40.4 Å².